The first kappa shape index (κ1) is 15.5. The zero-order valence-electron chi connectivity index (χ0n) is 10.8. The maximum absolute atomic E-state index is 13.0. The molecule has 5 nitrogen and oxygen atoms in total. The van der Waals surface area contributed by atoms with E-state index in [1.807, 2.05) is 0 Å². The third-order valence-corrected chi connectivity index (χ3v) is 3.61. The molecule has 2 aromatic rings. The molecule has 21 heavy (non-hydrogen) atoms. The van der Waals surface area contributed by atoms with Gasteiger partial charge in [-0.15, -0.1) is 0 Å². The van der Waals surface area contributed by atoms with Crippen LogP contribution in [0.3, 0.4) is 0 Å². The Morgan fingerprint density at radius 1 is 1.43 bits per heavy atom. The van der Waals surface area contributed by atoms with E-state index in [0.29, 0.717) is 0 Å². The molecule has 114 valence electrons. The van der Waals surface area contributed by atoms with Crippen LogP contribution in [0.25, 0.3) is 11.0 Å². The lowest BCUT2D eigenvalue weighted by atomic mass is 10.2. The van der Waals surface area contributed by atoms with Gasteiger partial charge in [0, 0.05) is 29.4 Å². The van der Waals surface area contributed by atoms with E-state index in [2.05, 4.69) is 4.98 Å². The van der Waals surface area contributed by atoms with Crippen LogP contribution in [0.15, 0.2) is 18.2 Å². The smallest absolute Gasteiger partial charge is 0.449 e. The van der Waals surface area contributed by atoms with Gasteiger partial charge in [-0.05, 0) is 18.2 Å². The first-order chi connectivity index (χ1) is 9.70. The second kappa shape index (κ2) is 5.47. The minimum absolute atomic E-state index is 0.0508. The molecule has 0 aliphatic rings. The number of aryl methyl sites for hydroxylation is 1. The van der Waals surface area contributed by atoms with Crippen LogP contribution in [0.2, 0.25) is 0 Å². The Morgan fingerprint density at radius 2 is 2.10 bits per heavy atom. The summed E-state index contributed by atoms with van der Waals surface area (Å²) in [4.78, 5) is 14.3. The van der Waals surface area contributed by atoms with Gasteiger partial charge < -0.3 is 9.67 Å². The van der Waals surface area contributed by atoms with Gasteiger partial charge in [-0.2, -0.15) is 13.2 Å². The number of carboxylic acid groups (broad SMARTS) is 1. The Bertz CT molecular complexity index is 724. The highest BCUT2D eigenvalue weighted by molar-refractivity contribution is 7.84. The third kappa shape index (κ3) is 3.23. The predicted octanol–water partition coefficient (Wildman–Crippen LogP) is 2.13. The van der Waals surface area contributed by atoms with E-state index in [-0.39, 0.29) is 28.9 Å². The highest BCUT2D eigenvalue weighted by Crippen LogP contribution is 2.31. The number of benzene rings is 1. The monoisotopic (exact) mass is 320 g/mol. The van der Waals surface area contributed by atoms with Gasteiger partial charge in [0.25, 0.3) is 0 Å². The summed E-state index contributed by atoms with van der Waals surface area (Å²) in [7, 11) is -1.25. The molecule has 0 radical (unpaired) electrons. The molecule has 0 saturated carbocycles. The number of aromatic carboxylic acids is 1. The summed E-state index contributed by atoms with van der Waals surface area (Å²) in [5, 5.41) is 8.86. The van der Waals surface area contributed by atoms with Crippen LogP contribution in [0.4, 0.5) is 13.2 Å². The molecule has 0 spiro atoms. The Morgan fingerprint density at radius 3 is 2.62 bits per heavy atom. The first-order valence-corrected chi connectivity index (χ1v) is 7.53. The highest BCUT2D eigenvalue weighted by Gasteiger charge is 2.37. The summed E-state index contributed by atoms with van der Waals surface area (Å²) < 4.78 is 51.0. The lowest BCUT2D eigenvalue weighted by Gasteiger charge is -2.10. The van der Waals surface area contributed by atoms with Gasteiger partial charge in [0.05, 0.1) is 16.6 Å². The van der Waals surface area contributed by atoms with E-state index in [1.165, 1.54) is 18.4 Å². The van der Waals surface area contributed by atoms with E-state index in [9.17, 15) is 22.2 Å². The maximum atomic E-state index is 13.0. The molecular weight excluding hydrogens is 309 g/mol. The van der Waals surface area contributed by atoms with Crippen molar-refractivity contribution in [3.63, 3.8) is 0 Å². The fraction of sp³-hybridized carbons (Fsp3) is 0.333. The number of hydrogen-bond donors (Lipinski definition) is 1. The van der Waals surface area contributed by atoms with Crippen molar-refractivity contribution >= 4 is 27.8 Å². The number of hydrogen-bond acceptors (Lipinski definition) is 3. The number of aromatic nitrogens is 2. The number of fused-ring (bicyclic) bond motifs is 1. The Labute approximate surface area is 119 Å². The summed E-state index contributed by atoms with van der Waals surface area (Å²) in [6.45, 7) is -0.110. The largest absolute Gasteiger partial charge is 0.478 e. The van der Waals surface area contributed by atoms with Crippen LogP contribution in [0.5, 0.6) is 0 Å². The first-order valence-electron chi connectivity index (χ1n) is 5.81. The van der Waals surface area contributed by atoms with Crippen molar-refractivity contribution in [1.82, 2.24) is 9.55 Å². The number of alkyl halides is 3. The van der Waals surface area contributed by atoms with Gasteiger partial charge in [-0.1, -0.05) is 0 Å². The molecule has 0 aliphatic heterocycles. The summed E-state index contributed by atoms with van der Waals surface area (Å²) in [6.07, 6.45) is -3.27. The number of nitrogens with zero attached hydrogens (tertiary/aromatic N) is 2. The van der Waals surface area contributed by atoms with Crippen molar-refractivity contribution in [1.29, 1.82) is 0 Å². The Kier molecular flexibility index (Phi) is 4.04. The number of halogens is 3. The van der Waals surface area contributed by atoms with E-state index < -0.39 is 28.8 Å². The van der Waals surface area contributed by atoms with Crippen LogP contribution in [-0.4, -0.2) is 36.8 Å². The molecule has 0 bridgehead atoms. The highest BCUT2D eigenvalue weighted by atomic mass is 32.2. The maximum Gasteiger partial charge on any atom is 0.449 e. The quantitative estimate of drug-likeness (QED) is 0.937. The Balaban J connectivity index is 2.61. The van der Waals surface area contributed by atoms with Crippen molar-refractivity contribution in [3.8, 4) is 0 Å². The predicted molar refractivity (Wildman–Crippen MR) is 70.6 cm³/mol. The molecule has 0 saturated heterocycles. The van der Waals surface area contributed by atoms with Gasteiger partial charge >= 0.3 is 12.1 Å². The SMILES string of the molecule is CS(=O)CCn1c(C(F)(F)F)nc2cc(C(=O)O)ccc21. The molecule has 0 amide bonds. The van der Waals surface area contributed by atoms with Crippen LogP contribution >= 0.6 is 0 Å². The van der Waals surface area contributed by atoms with Crippen molar-refractivity contribution < 1.29 is 27.3 Å². The van der Waals surface area contributed by atoms with Crippen LogP contribution in [0, 0.1) is 0 Å². The van der Waals surface area contributed by atoms with Gasteiger partial charge in [-0.3, -0.25) is 4.21 Å². The van der Waals surface area contributed by atoms with Crippen LogP contribution in [0.1, 0.15) is 16.2 Å². The lowest BCUT2D eigenvalue weighted by molar-refractivity contribution is -0.146. The molecule has 1 aromatic heterocycles. The van der Waals surface area contributed by atoms with Crippen molar-refractivity contribution in [3.05, 3.63) is 29.6 Å². The van der Waals surface area contributed by atoms with Crippen LogP contribution in [-0.2, 0) is 23.5 Å². The summed E-state index contributed by atoms with van der Waals surface area (Å²) in [5.41, 5.74) is -0.0261. The summed E-state index contributed by atoms with van der Waals surface area (Å²) >= 11 is 0. The molecule has 2 rings (SSSR count). The normalized spacial score (nSPS) is 13.5. The molecule has 0 fully saturated rings. The van der Waals surface area contributed by atoms with Crippen LogP contribution < -0.4 is 0 Å². The molecular formula is C12H11F3N2O3S. The zero-order chi connectivity index (χ0) is 15.8. The third-order valence-electron chi connectivity index (χ3n) is 2.85. The van der Waals surface area contributed by atoms with E-state index >= 15 is 0 Å². The molecule has 0 aliphatic carbocycles. The average Bonchev–Trinajstić information content (AvgIpc) is 2.73. The van der Waals surface area contributed by atoms with E-state index in [1.54, 1.807) is 0 Å². The Hall–Kier alpha value is -1.90. The van der Waals surface area contributed by atoms with Crippen molar-refractivity contribution in [2.45, 2.75) is 12.7 Å². The number of carboxylic acids is 1. The van der Waals surface area contributed by atoms with E-state index in [0.717, 1.165) is 10.6 Å². The summed E-state index contributed by atoms with van der Waals surface area (Å²) in [6, 6.07) is 3.58. The molecule has 1 N–H and O–H groups in total. The zero-order valence-corrected chi connectivity index (χ0v) is 11.7. The van der Waals surface area contributed by atoms with Gasteiger partial charge in [0.15, 0.2) is 0 Å². The van der Waals surface area contributed by atoms with Crippen molar-refractivity contribution in [2.24, 2.45) is 0 Å². The molecule has 1 atom stereocenters. The second-order valence-electron chi connectivity index (χ2n) is 4.37. The fourth-order valence-corrected chi connectivity index (χ4v) is 2.37. The minimum atomic E-state index is -4.67. The second-order valence-corrected chi connectivity index (χ2v) is 5.93. The van der Waals surface area contributed by atoms with Crippen molar-refractivity contribution in [2.75, 3.05) is 12.0 Å². The molecule has 1 unspecified atom stereocenters. The fourth-order valence-electron chi connectivity index (χ4n) is 1.93. The standard InChI is InChI=1S/C12H11F3N2O3S/c1-21(20)5-4-17-9-3-2-7(10(18)19)6-8(9)16-11(17)12(13,14)15/h2-3,6H,4-5H2,1H3,(H,18,19). The number of imidazole rings is 1. The minimum Gasteiger partial charge on any atom is -0.478 e. The molecule has 1 aromatic carbocycles. The average molecular weight is 320 g/mol. The van der Waals surface area contributed by atoms with Gasteiger partial charge in [-0.25, -0.2) is 9.78 Å². The lowest BCUT2D eigenvalue weighted by Crippen LogP contribution is -2.17. The summed E-state index contributed by atoms with van der Waals surface area (Å²) in [5.74, 6) is -2.31. The topological polar surface area (TPSA) is 72.2 Å². The van der Waals surface area contributed by atoms with E-state index in [4.69, 9.17) is 5.11 Å². The van der Waals surface area contributed by atoms with Gasteiger partial charge in [0.1, 0.15) is 0 Å². The number of rotatable bonds is 4. The van der Waals surface area contributed by atoms with Gasteiger partial charge in [0.2, 0.25) is 5.82 Å². The molecule has 1 heterocycles. The number of carbonyl (C=O) groups is 1. The molecule has 9 heteroatoms.